The molecule has 2 aliphatic rings. The molecule has 0 bridgehead atoms. The Labute approximate surface area is 188 Å². The first-order chi connectivity index (χ1) is 15.1. The van der Waals surface area contributed by atoms with Gasteiger partial charge in [0.1, 0.15) is 10.6 Å². The summed E-state index contributed by atoms with van der Waals surface area (Å²) in [4.78, 5) is 14.4. The number of sulfonamides is 1. The Balaban J connectivity index is 1.71. The van der Waals surface area contributed by atoms with Gasteiger partial charge in [-0.25, -0.2) is 16.8 Å². The molecule has 8 nitrogen and oxygen atoms in total. The molecule has 0 aromatic heterocycles. The van der Waals surface area contributed by atoms with E-state index in [4.69, 9.17) is 4.74 Å². The van der Waals surface area contributed by atoms with Crippen molar-refractivity contribution in [3.8, 4) is 5.75 Å². The normalized spacial score (nSPS) is 19.9. The monoisotopic (exact) mass is 478 g/mol. The lowest BCUT2D eigenvalue weighted by molar-refractivity contribution is 0.0747. The number of amides is 1. The Morgan fingerprint density at radius 3 is 2.62 bits per heavy atom. The van der Waals surface area contributed by atoms with Gasteiger partial charge < -0.3 is 9.64 Å². The van der Waals surface area contributed by atoms with Crippen LogP contribution in [0, 0.1) is 0 Å². The number of methoxy groups -OCH3 is 1. The van der Waals surface area contributed by atoms with Gasteiger partial charge in [0, 0.05) is 25.2 Å². The molecule has 1 fully saturated rings. The average Bonchev–Trinajstić information content (AvgIpc) is 3.16. The summed E-state index contributed by atoms with van der Waals surface area (Å²) in [6.45, 7) is 0.334. The van der Waals surface area contributed by atoms with E-state index in [2.05, 4.69) is 0 Å². The second kappa shape index (κ2) is 8.40. The number of carbonyl (C=O) groups is 1. The van der Waals surface area contributed by atoms with Crippen molar-refractivity contribution in [2.45, 2.75) is 30.2 Å². The minimum absolute atomic E-state index is 0.0475. The number of fused-ring (bicyclic) bond motifs is 1. The SMILES string of the molecule is COc1ccc(C(=O)N(C)[C@H]2CCS(=O)(=O)C2)cc1S(=O)(=O)N1CCCc2ccccc21. The molecule has 1 saturated heterocycles. The lowest BCUT2D eigenvalue weighted by Gasteiger charge is -2.31. The van der Waals surface area contributed by atoms with Gasteiger partial charge >= 0.3 is 0 Å². The fourth-order valence-corrected chi connectivity index (χ4v) is 7.83. The number of hydrogen-bond donors (Lipinski definition) is 0. The number of carbonyl (C=O) groups excluding carboxylic acids is 1. The predicted molar refractivity (Wildman–Crippen MR) is 121 cm³/mol. The average molecular weight is 479 g/mol. The maximum Gasteiger partial charge on any atom is 0.268 e. The molecule has 0 unspecified atom stereocenters. The van der Waals surface area contributed by atoms with Crippen molar-refractivity contribution >= 4 is 31.5 Å². The molecule has 0 radical (unpaired) electrons. The van der Waals surface area contributed by atoms with Crippen LogP contribution in [0.5, 0.6) is 5.75 Å². The smallest absolute Gasteiger partial charge is 0.268 e. The second-order valence-electron chi connectivity index (χ2n) is 8.15. The number of hydrogen-bond acceptors (Lipinski definition) is 6. The topological polar surface area (TPSA) is 101 Å². The van der Waals surface area contributed by atoms with E-state index in [-0.39, 0.29) is 27.7 Å². The van der Waals surface area contributed by atoms with Crippen LogP contribution in [-0.2, 0) is 26.3 Å². The van der Waals surface area contributed by atoms with Crippen molar-refractivity contribution in [3.63, 3.8) is 0 Å². The fraction of sp³-hybridized carbons (Fsp3) is 0.409. The summed E-state index contributed by atoms with van der Waals surface area (Å²) in [7, 11) is -4.22. The second-order valence-corrected chi connectivity index (χ2v) is 12.2. The van der Waals surface area contributed by atoms with Crippen molar-refractivity contribution in [2.24, 2.45) is 0 Å². The summed E-state index contributed by atoms with van der Waals surface area (Å²) in [6, 6.07) is 11.2. The standard InChI is InChI=1S/C22H26N2O6S2/c1-23(18-11-13-31(26,27)15-18)22(25)17-9-10-20(30-2)21(14-17)32(28,29)24-12-5-7-16-6-3-4-8-19(16)24/h3-4,6,8-10,14,18H,5,7,11-13,15H2,1-2H3/t18-/m0/s1. The molecule has 2 heterocycles. The third-order valence-corrected chi connectivity index (χ3v) is 9.71. The maximum absolute atomic E-state index is 13.7. The molecule has 2 aliphatic heterocycles. The van der Waals surface area contributed by atoms with Crippen LogP contribution in [0.25, 0.3) is 0 Å². The predicted octanol–water partition coefficient (Wildman–Crippen LogP) is 2.10. The van der Waals surface area contributed by atoms with Gasteiger partial charge in [0.25, 0.3) is 15.9 Å². The van der Waals surface area contributed by atoms with Crippen LogP contribution >= 0.6 is 0 Å². The highest BCUT2D eigenvalue weighted by molar-refractivity contribution is 7.93. The Bertz CT molecular complexity index is 1260. The van der Waals surface area contributed by atoms with E-state index >= 15 is 0 Å². The van der Waals surface area contributed by atoms with E-state index in [0.717, 1.165) is 12.0 Å². The van der Waals surface area contributed by atoms with Crippen LogP contribution < -0.4 is 9.04 Å². The number of para-hydroxylation sites is 1. The summed E-state index contributed by atoms with van der Waals surface area (Å²) in [6.07, 6.45) is 1.86. The molecule has 1 amide bonds. The largest absolute Gasteiger partial charge is 0.495 e. The highest BCUT2D eigenvalue weighted by Gasteiger charge is 2.35. The third kappa shape index (κ3) is 4.09. The van der Waals surface area contributed by atoms with Crippen molar-refractivity contribution in [1.29, 1.82) is 0 Å². The summed E-state index contributed by atoms with van der Waals surface area (Å²) < 4.78 is 57.6. The molecule has 2 aromatic carbocycles. The van der Waals surface area contributed by atoms with E-state index in [1.807, 2.05) is 12.1 Å². The molecule has 10 heteroatoms. The summed E-state index contributed by atoms with van der Waals surface area (Å²) >= 11 is 0. The van der Waals surface area contributed by atoms with E-state index in [1.54, 1.807) is 19.2 Å². The number of nitrogens with zero attached hydrogens (tertiary/aromatic N) is 2. The highest BCUT2D eigenvalue weighted by Crippen LogP contribution is 2.35. The number of sulfone groups is 1. The van der Waals surface area contributed by atoms with E-state index in [1.165, 1.54) is 34.5 Å². The molecule has 1 atom stereocenters. The molecular formula is C22H26N2O6S2. The van der Waals surface area contributed by atoms with Gasteiger partial charge in [0.15, 0.2) is 9.84 Å². The molecule has 2 aromatic rings. The number of ether oxygens (including phenoxy) is 1. The zero-order valence-electron chi connectivity index (χ0n) is 18.0. The summed E-state index contributed by atoms with van der Waals surface area (Å²) in [5.74, 6) is -0.312. The minimum atomic E-state index is -4.00. The molecule has 0 N–H and O–H groups in total. The van der Waals surface area contributed by atoms with Gasteiger partial charge in [-0.1, -0.05) is 18.2 Å². The maximum atomic E-state index is 13.7. The molecular weight excluding hydrogens is 452 g/mol. The van der Waals surface area contributed by atoms with Gasteiger partial charge in [-0.2, -0.15) is 0 Å². The van der Waals surface area contributed by atoms with E-state index in [9.17, 15) is 21.6 Å². The highest BCUT2D eigenvalue weighted by atomic mass is 32.2. The van der Waals surface area contributed by atoms with Crippen LogP contribution in [-0.4, -0.2) is 65.9 Å². The van der Waals surface area contributed by atoms with Gasteiger partial charge in [0.2, 0.25) is 0 Å². The first-order valence-corrected chi connectivity index (χ1v) is 13.7. The number of anilines is 1. The molecule has 0 saturated carbocycles. The van der Waals surface area contributed by atoms with Crippen LogP contribution in [0.4, 0.5) is 5.69 Å². The number of benzene rings is 2. The molecule has 0 aliphatic carbocycles. The van der Waals surface area contributed by atoms with Gasteiger partial charge in [-0.05, 0) is 49.1 Å². The molecule has 172 valence electrons. The van der Waals surface area contributed by atoms with Crippen LogP contribution in [0.3, 0.4) is 0 Å². The van der Waals surface area contributed by atoms with Crippen molar-refractivity contribution < 1.29 is 26.4 Å². The Morgan fingerprint density at radius 1 is 1.19 bits per heavy atom. The summed E-state index contributed by atoms with van der Waals surface area (Å²) in [5, 5.41) is 0. The van der Waals surface area contributed by atoms with Gasteiger partial charge in [0.05, 0.1) is 24.3 Å². The Hall–Kier alpha value is -2.59. The van der Waals surface area contributed by atoms with Crippen LogP contribution in [0.15, 0.2) is 47.4 Å². The van der Waals surface area contributed by atoms with Crippen molar-refractivity contribution in [2.75, 3.05) is 36.5 Å². The minimum Gasteiger partial charge on any atom is -0.495 e. The number of rotatable bonds is 5. The van der Waals surface area contributed by atoms with Gasteiger partial charge in [-0.3, -0.25) is 9.10 Å². The number of aryl methyl sites for hydroxylation is 1. The third-order valence-electron chi connectivity index (χ3n) is 6.12. The van der Waals surface area contributed by atoms with Crippen molar-refractivity contribution in [1.82, 2.24) is 4.90 Å². The van der Waals surface area contributed by atoms with E-state index < -0.39 is 31.8 Å². The van der Waals surface area contributed by atoms with E-state index in [0.29, 0.717) is 25.1 Å². The molecule has 32 heavy (non-hydrogen) atoms. The quantitative estimate of drug-likeness (QED) is 0.652. The first-order valence-electron chi connectivity index (χ1n) is 10.4. The molecule has 0 spiro atoms. The van der Waals surface area contributed by atoms with Crippen molar-refractivity contribution in [3.05, 3.63) is 53.6 Å². The zero-order valence-corrected chi connectivity index (χ0v) is 19.7. The van der Waals surface area contributed by atoms with Gasteiger partial charge in [-0.15, -0.1) is 0 Å². The zero-order chi connectivity index (χ0) is 23.1. The lowest BCUT2D eigenvalue weighted by Crippen LogP contribution is -2.38. The van der Waals surface area contributed by atoms with Crippen LogP contribution in [0.2, 0.25) is 0 Å². The Morgan fingerprint density at radius 2 is 1.94 bits per heavy atom. The van der Waals surface area contributed by atoms with Crippen LogP contribution in [0.1, 0.15) is 28.8 Å². The fourth-order valence-electron chi connectivity index (χ4n) is 4.33. The lowest BCUT2D eigenvalue weighted by atomic mass is 10.0. The Kier molecular flexibility index (Phi) is 5.93. The summed E-state index contributed by atoms with van der Waals surface area (Å²) in [5.41, 5.74) is 1.75. The molecule has 4 rings (SSSR count). The first kappa shape index (κ1) is 22.6.